The molecule has 1 aromatic rings. The van der Waals surface area contributed by atoms with E-state index in [9.17, 15) is 9.59 Å². The lowest BCUT2D eigenvalue weighted by Gasteiger charge is -2.20. The van der Waals surface area contributed by atoms with Crippen LogP contribution in [-0.4, -0.2) is 24.3 Å². The van der Waals surface area contributed by atoms with E-state index in [0.717, 1.165) is 5.00 Å². The van der Waals surface area contributed by atoms with Crippen LogP contribution in [0, 0.1) is 5.41 Å². The van der Waals surface area contributed by atoms with E-state index >= 15 is 0 Å². The molecule has 18 heavy (non-hydrogen) atoms. The highest BCUT2D eigenvalue weighted by atomic mass is 32.1. The quantitative estimate of drug-likeness (QED) is 0.833. The van der Waals surface area contributed by atoms with Gasteiger partial charge in [0.15, 0.2) is 5.78 Å². The standard InChI is InChI=1S/C13H18N2O2S/c1-13(2,3)11(17)9-4-5-18-12(9)15-7-8(14)6-10(15)16/h4-5,8H,6-7,14H2,1-3H3. The molecule has 0 bridgehead atoms. The molecule has 1 aliphatic heterocycles. The van der Waals surface area contributed by atoms with Gasteiger partial charge in [-0.05, 0) is 11.4 Å². The zero-order chi connectivity index (χ0) is 13.5. The summed E-state index contributed by atoms with van der Waals surface area (Å²) in [5.41, 5.74) is 5.98. The third kappa shape index (κ3) is 2.33. The molecule has 1 amide bonds. The number of anilines is 1. The summed E-state index contributed by atoms with van der Waals surface area (Å²) >= 11 is 1.43. The molecule has 2 heterocycles. The number of thiophene rings is 1. The van der Waals surface area contributed by atoms with E-state index in [-0.39, 0.29) is 17.7 Å². The maximum atomic E-state index is 12.3. The van der Waals surface area contributed by atoms with E-state index in [1.54, 1.807) is 11.0 Å². The van der Waals surface area contributed by atoms with E-state index in [4.69, 9.17) is 5.73 Å². The average molecular weight is 266 g/mol. The van der Waals surface area contributed by atoms with E-state index in [1.807, 2.05) is 26.2 Å². The van der Waals surface area contributed by atoms with Gasteiger partial charge in [0.1, 0.15) is 5.00 Å². The van der Waals surface area contributed by atoms with Crippen LogP contribution in [0.5, 0.6) is 0 Å². The number of carbonyl (C=O) groups is 2. The second-order valence-corrected chi connectivity index (χ2v) is 6.58. The Balaban J connectivity index is 2.34. The molecule has 0 aliphatic carbocycles. The van der Waals surface area contributed by atoms with Gasteiger partial charge in [0, 0.05) is 24.4 Å². The van der Waals surface area contributed by atoms with Gasteiger partial charge in [-0.2, -0.15) is 0 Å². The highest BCUT2D eigenvalue weighted by Gasteiger charge is 2.33. The van der Waals surface area contributed by atoms with Gasteiger partial charge in [-0.25, -0.2) is 0 Å². The molecule has 1 unspecified atom stereocenters. The second-order valence-electron chi connectivity index (χ2n) is 5.69. The molecular weight excluding hydrogens is 248 g/mol. The Labute approximate surface area is 111 Å². The number of nitrogens with two attached hydrogens (primary N) is 1. The third-order valence-corrected chi connectivity index (χ3v) is 3.91. The normalized spacial score (nSPS) is 20.6. The summed E-state index contributed by atoms with van der Waals surface area (Å²) in [5.74, 6) is 0.0694. The van der Waals surface area contributed by atoms with Crippen molar-refractivity contribution < 1.29 is 9.59 Å². The highest BCUT2D eigenvalue weighted by Crippen LogP contribution is 2.34. The van der Waals surface area contributed by atoms with Gasteiger partial charge in [0.2, 0.25) is 5.91 Å². The fourth-order valence-corrected chi connectivity index (χ4v) is 2.94. The van der Waals surface area contributed by atoms with Gasteiger partial charge in [0.05, 0.1) is 5.56 Å². The summed E-state index contributed by atoms with van der Waals surface area (Å²) in [6.07, 6.45) is 0.362. The van der Waals surface area contributed by atoms with Crippen molar-refractivity contribution >= 4 is 28.0 Å². The minimum atomic E-state index is -0.444. The average Bonchev–Trinajstić information content (AvgIpc) is 2.81. The number of hydrogen-bond acceptors (Lipinski definition) is 4. The Morgan fingerprint density at radius 2 is 2.17 bits per heavy atom. The number of carbonyl (C=O) groups excluding carboxylic acids is 2. The van der Waals surface area contributed by atoms with Crippen molar-refractivity contribution in [2.24, 2.45) is 11.1 Å². The van der Waals surface area contributed by atoms with Crippen LogP contribution in [0.15, 0.2) is 11.4 Å². The van der Waals surface area contributed by atoms with E-state index in [1.165, 1.54) is 11.3 Å². The first kappa shape index (κ1) is 13.2. The van der Waals surface area contributed by atoms with E-state index < -0.39 is 5.41 Å². The fraction of sp³-hybridized carbons (Fsp3) is 0.538. The van der Waals surface area contributed by atoms with Crippen molar-refractivity contribution in [1.29, 1.82) is 0 Å². The maximum Gasteiger partial charge on any atom is 0.229 e. The van der Waals surface area contributed by atoms with E-state index in [2.05, 4.69) is 0 Å². The molecule has 1 atom stereocenters. The minimum absolute atomic E-state index is 0.00732. The second kappa shape index (κ2) is 4.48. The van der Waals surface area contributed by atoms with Gasteiger partial charge in [-0.15, -0.1) is 11.3 Å². The third-order valence-electron chi connectivity index (χ3n) is 2.97. The predicted octanol–water partition coefficient (Wildman–Crippen LogP) is 2.04. The Morgan fingerprint density at radius 3 is 2.67 bits per heavy atom. The molecular formula is C13H18N2O2S. The van der Waals surface area contributed by atoms with Gasteiger partial charge >= 0.3 is 0 Å². The molecule has 1 aromatic heterocycles. The van der Waals surface area contributed by atoms with Crippen LogP contribution in [0.3, 0.4) is 0 Å². The van der Waals surface area contributed by atoms with Gasteiger partial charge in [0.25, 0.3) is 0 Å². The zero-order valence-corrected chi connectivity index (χ0v) is 11.7. The monoisotopic (exact) mass is 266 g/mol. The van der Waals surface area contributed by atoms with Crippen molar-refractivity contribution in [1.82, 2.24) is 0 Å². The zero-order valence-electron chi connectivity index (χ0n) is 10.9. The minimum Gasteiger partial charge on any atom is -0.326 e. The fourth-order valence-electron chi connectivity index (χ4n) is 2.02. The summed E-state index contributed by atoms with van der Waals surface area (Å²) in [5, 5.41) is 2.60. The van der Waals surface area contributed by atoms with Crippen LogP contribution in [0.4, 0.5) is 5.00 Å². The largest absolute Gasteiger partial charge is 0.326 e. The summed E-state index contributed by atoms with van der Waals surface area (Å²) in [6, 6.07) is 1.67. The topological polar surface area (TPSA) is 63.4 Å². The number of rotatable bonds is 2. The van der Waals surface area contributed by atoms with Crippen LogP contribution >= 0.6 is 11.3 Å². The lowest BCUT2D eigenvalue weighted by Crippen LogP contribution is -2.29. The van der Waals surface area contributed by atoms with Crippen LogP contribution in [0.2, 0.25) is 0 Å². The summed E-state index contributed by atoms with van der Waals surface area (Å²) in [4.78, 5) is 25.8. The molecule has 0 spiro atoms. The predicted molar refractivity (Wildman–Crippen MR) is 73.0 cm³/mol. The molecule has 2 N–H and O–H groups in total. The molecule has 0 aromatic carbocycles. The Kier molecular flexibility index (Phi) is 3.29. The van der Waals surface area contributed by atoms with Gasteiger partial charge < -0.3 is 10.6 Å². The summed E-state index contributed by atoms with van der Waals surface area (Å²) in [7, 11) is 0. The Hall–Kier alpha value is -1.20. The summed E-state index contributed by atoms with van der Waals surface area (Å²) < 4.78 is 0. The molecule has 98 valence electrons. The number of ketones is 1. The first-order valence-corrected chi connectivity index (χ1v) is 6.87. The highest BCUT2D eigenvalue weighted by molar-refractivity contribution is 7.14. The summed E-state index contributed by atoms with van der Waals surface area (Å²) in [6.45, 7) is 6.15. The number of hydrogen-bond donors (Lipinski definition) is 1. The molecule has 0 radical (unpaired) electrons. The lowest BCUT2D eigenvalue weighted by atomic mass is 9.87. The molecule has 1 aliphatic rings. The van der Waals surface area contributed by atoms with Crippen LogP contribution < -0.4 is 10.6 Å². The maximum absolute atomic E-state index is 12.3. The first-order valence-electron chi connectivity index (χ1n) is 5.99. The number of nitrogens with zero attached hydrogens (tertiary/aromatic N) is 1. The molecule has 1 saturated heterocycles. The Bertz CT molecular complexity index is 487. The van der Waals surface area contributed by atoms with Gasteiger partial charge in [-0.1, -0.05) is 20.8 Å². The molecule has 4 nitrogen and oxygen atoms in total. The molecule has 1 fully saturated rings. The van der Waals surface area contributed by atoms with Crippen LogP contribution in [0.1, 0.15) is 37.6 Å². The van der Waals surface area contributed by atoms with Crippen molar-refractivity contribution in [3.05, 3.63) is 17.0 Å². The lowest BCUT2D eigenvalue weighted by molar-refractivity contribution is -0.117. The molecule has 0 saturated carbocycles. The SMILES string of the molecule is CC(C)(C)C(=O)c1ccsc1N1CC(N)CC1=O. The molecule has 5 heteroatoms. The van der Waals surface area contributed by atoms with Crippen molar-refractivity contribution in [3.8, 4) is 0 Å². The van der Waals surface area contributed by atoms with Crippen molar-refractivity contribution in [3.63, 3.8) is 0 Å². The van der Waals surface area contributed by atoms with Crippen molar-refractivity contribution in [2.45, 2.75) is 33.2 Å². The van der Waals surface area contributed by atoms with E-state index in [0.29, 0.717) is 18.5 Å². The van der Waals surface area contributed by atoms with Crippen molar-refractivity contribution in [2.75, 3.05) is 11.4 Å². The number of Topliss-reactive ketones (excluding diaryl/α,β-unsaturated/α-hetero) is 1. The van der Waals surface area contributed by atoms with Crippen LogP contribution in [0.25, 0.3) is 0 Å². The Morgan fingerprint density at radius 1 is 1.50 bits per heavy atom. The first-order chi connectivity index (χ1) is 8.30. The van der Waals surface area contributed by atoms with Crippen LogP contribution in [-0.2, 0) is 4.79 Å². The molecule has 2 rings (SSSR count). The smallest absolute Gasteiger partial charge is 0.229 e. The van der Waals surface area contributed by atoms with Gasteiger partial charge in [-0.3, -0.25) is 9.59 Å². The number of amides is 1.